The number of hydrogen-bond donors (Lipinski definition) is 0. The normalized spacial score (nSPS) is 23.2. The first-order chi connectivity index (χ1) is 21.5. The monoisotopic (exact) mass is 596 g/mol. The number of esters is 1. The second-order valence-corrected chi connectivity index (χ2v) is 11.0. The highest BCUT2D eigenvalue weighted by molar-refractivity contribution is 5.66. The van der Waals surface area contributed by atoms with E-state index in [2.05, 4.69) is 0 Å². The molecule has 0 spiro atoms. The molecule has 0 saturated carbocycles. The summed E-state index contributed by atoms with van der Waals surface area (Å²) in [6.07, 6.45) is -2.74. The van der Waals surface area contributed by atoms with E-state index in [1.165, 1.54) is 6.92 Å². The second-order valence-electron chi connectivity index (χ2n) is 11.0. The minimum absolute atomic E-state index is 0.182. The molecule has 0 N–H and O–H groups in total. The van der Waals surface area contributed by atoms with E-state index in [4.69, 9.17) is 28.4 Å². The molecule has 1 saturated heterocycles. The van der Waals surface area contributed by atoms with Crippen molar-refractivity contribution in [2.75, 3.05) is 6.61 Å². The van der Waals surface area contributed by atoms with Crippen molar-refractivity contribution >= 4 is 5.97 Å². The van der Waals surface area contributed by atoms with E-state index in [0.717, 1.165) is 22.3 Å². The molecule has 44 heavy (non-hydrogen) atoms. The lowest BCUT2D eigenvalue weighted by Crippen LogP contribution is -2.67. The van der Waals surface area contributed by atoms with Crippen LogP contribution in [-0.4, -0.2) is 42.8 Å². The molecule has 1 fully saturated rings. The van der Waals surface area contributed by atoms with Gasteiger partial charge < -0.3 is 28.4 Å². The van der Waals surface area contributed by atoms with Crippen LogP contribution in [0.4, 0.5) is 0 Å². The van der Waals surface area contributed by atoms with E-state index in [1.807, 2.05) is 121 Å². The second kappa shape index (κ2) is 15.7. The molecule has 1 aliphatic heterocycles. The molecule has 0 radical (unpaired) electrons. The standard InChI is InChI=1S/C37H40O7/c1-28(38)43-37(2)36(42-26-32-21-13-6-14-22-32)35(41-25-31-19-11-5-12-20-31)34(40-24-30-17-9-4-10-18-30)33(44-37)27-39-23-29-15-7-3-8-16-29/h3-22,33-36H,23-27H2,1-2H3/t33-,34-,35+,36-,37?/m1/s1. The van der Waals surface area contributed by atoms with Gasteiger partial charge >= 0.3 is 5.97 Å². The average molecular weight is 597 g/mol. The lowest BCUT2D eigenvalue weighted by Gasteiger charge is -2.50. The Labute approximate surface area is 259 Å². The van der Waals surface area contributed by atoms with Crippen molar-refractivity contribution in [3.8, 4) is 0 Å². The summed E-state index contributed by atoms with van der Waals surface area (Å²) in [5, 5.41) is 0. The largest absolute Gasteiger partial charge is 0.431 e. The maximum Gasteiger partial charge on any atom is 0.305 e. The van der Waals surface area contributed by atoms with Crippen LogP contribution in [0.3, 0.4) is 0 Å². The molecule has 1 aliphatic rings. The van der Waals surface area contributed by atoms with Crippen LogP contribution < -0.4 is 0 Å². The topological polar surface area (TPSA) is 72.5 Å². The zero-order valence-electron chi connectivity index (χ0n) is 25.2. The van der Waals surface area contributed by atoms with Crippen LogP contribution in [0.15, 0.2) is 121 Å². The van der Waals surface area contributed by atoms with Crippen LogP contribution >= 0.6 is 0 Å². The maximum absolute atomic E-state index is 12.5. The van der Waals surface area contributed by atoms with Crippen molar-refractivity contribution in [1.29, 1.82) is 0 Å². The third kappa shape index (κ3) is 8.85. The SMILES string of the molecule is CC(=O)OC1(C)O[C@H](COCc2ccccc2)[C@@H](OCc2ccccc2)[C@H](OCc2ccccc2)[C@H]1OCc1ccccc1. The van der Waals surface area contributed by atoms with Crippen molar-refractivity contribution in [1.82, 2.24) is 0 Å². The van der Waals surface area contributed by atoms with Gasteiger partial charge in [-0.3, -0.25) is 4.79 Å². The zero-order valence-corrected chi connectivity index (χ0v) is 25.2. The Balaban J connectivity index is 1.46. The quantitative estimate of drug-likeness (QED) is 0.151. The van der Waals surface area contributed by atoms with Gasteiger partial charge in [0.05, 0.1) is 33.0 Å². The summed E-state index contributed by atoms with van der Waals surface area (Å²) in [4.78, 5) is 12.5. The predicted molar refractivity (Wildman–Crippen MR) is 166 cm³/mol. The van der Waals surface area contributed by atoms with E-state index >= 15 is 0 Å². The first-order valence-corrected chi connectivity index (χ1v) is 15.0. The highest BCUT2D eigenvalue weighted by atomic mass is 16.8. The minimum Gasteiger partial charge on any atom is -0.431 e. The van der Waals surface area contributed by atoms with Crippen LogP contribution in [0, 0.1) is 0 Å². The minimum atomic E-state index is -1.48. The summed E-state index contributed by atoms with van der Waals surface area (Å²) in [6, 6.07) is 39.6. The molecule has 0 aromatic heterocycles. The van der Waals surface area contributed by atoms with Crippen molar-refractivity contribution in [2.24, 2.45) is 0 Å². The number of carbonyl (C=O) groups is 1. The molecule has 7 nitrogen and oxygen atoms in total. The smallest absolute Gasteiger partial charge is 0.305 e. The fourth-order valence-corrected chi connectivity index (χ4v) is 5.40. The highest BCUT2D eigenvalue weighted by Gasteiger charge is 2.56. The van der Waals surface area contributed by atoms with Gasteiger partial charge in [0, 0.05) is 13.8 Å². The van der Waals surface area contributed by atoms with E-state index in [0.29, 0.717) is 19.8 Å². The number of rotatable bonds is 14. The van der Waals surface area contributed by atoms with Gasteiger partial charge in [0.1, 0.15) is 18.3 Å². The molecule has 7 heteroatoms. The van der Waals surface area contributed by atoms with Gasteiger partial charge in [-0.1, -0.05) is 121 Å². The number of hydrogen-bond acceptors (Lipinski definition) is 7. The van der Waals surface area contributed by atoms with Gasteiger partial charge in [-0.2, -0.15) is 0 Å². The average Bonchev–Trinajstić information content (AvgIpc) is 3.04. The fourth-order valence-electron chi connectivity index (χ4n) is 5.40. The molecular weight excluding hydrogens is 556 g/mol. The van der Waals surface area contributed by atoms with E-state index < -0.39 is 36.2 Å². The van der Waals surface area contributed by atoms with Crippen LogP contribution in [0.25, 0.3) is 0 Å². The van der Waals surface area contributed by atoms with Crippen molar-refractivity contribution in [3.63, 3.8) is 0 Å². The Morgan fingerprint density at radius 1 is 0.614 bits per heavy atom. The summed E-state index contributed by atoms with van der Waals surface area (Å²) in [6.45, 7) is 4.54. The summed E-state index contributed by atoms with van der Waals surface area (Å²) < 4.78 is 38.5. The molecule has 230 valence electrons. The third-order valence-electron chi connectivity index (χ3n) is 7.47. The molecule has 4 aromatic rings. The molecule has 0 amide bonds. The Kier molecular flexibility index (Phi) is 11.3. The summed E-state index contributed by atoms with van der Waals surface area (Å²) in [7, 11) is 0. The molecule has 1 heterocycles. The number of carbonyl (C=O) groups excluding carboxylic acids is 1. The van der Waals surface area contributed by atoms with E-state index in [-0.39, 0.29) is 13.2 Å². The zero-order chi connectivity index (χ0) is 30.6. The Bertz CT molecular complexity index is 1400. The fraction of sp³-hybridized carbons (Fsp3) is 0.324. The maximum atomic E-state index is 12.5. The molecule has 5 rings (SSSR count). The van der Waals surface area contributed by atoms with Gasteiger partial charge in [-0.05, 0) is 22.3 Å². The predicted octanol–water partition coefficient (Wildman–Crippen LogP) is 6.64. The van der Waals surface area contributed by atoms with Gasteiger partial charge in [-0.15, -0.1) is 0 Å². The van der Waals surface area contributed by atoms with Gasteiger partial charge in [-0.25, -0.2) is 0 Å². The van der Waals surface area contributed by atoms with E-state index in [1.54, 1.807) is 6.92 Å². The molecule has 4 aromatic carbocycles. The highest BCUT2D eigenvalue weighted by Crippen LogP contribution is 2.38. The Hall–Kier alpha value is -3.85. The first kappa shape index (κ1) is 31.6. The molecule has 0 aliphatic carbocycles. The summed E-state index contributed by atoms with van der Waals surface area (Å²) in [5.41, 5.74) is 4.00. The lowest BCUT2D eigenvalue weighted by molar-refractivity contribution is -0.365. The lowest BCUT2D eigenvalue weighted by atomic mass is 9.92. The van der Waals surface area contributed by atoms with Gasteiger partial charge in [0.15, 0.2) is 6.10 Å². The molecule has 1 unspecified atom stereocenters. The number of benzene rings is 4. The first-order valence-electron chi connectivity index (χ1n) is 15.0. The number of ether oxygens (including phenoxy) is 6. The molecular formula is C37H40O7. The van der Waals surface area contributed by atoms with Gasteiger partial charge in [0.2, 0.25) is 5.79 Å². The molecule has 0 bridgehead atoms. The Morgan fingerprint density at radius 2 is 1.02 bits per heavy atom. The van der Waals surface area contributed by atoms with Crippen LogP contribution in [-0.2, 0) is 59.6 Å². The van der Waals surface area contributed by atoms with Crippen molar-refractivity contribution < 1.29 is 33.2 Å². The van der Waals surface area contributed by atoms with Crippen LogP contribution in [0.5, 0.6) is 0 Å². The van der Waals surface area contributed by atoms with Crippen LogP contribution in [0.2, 0.25) is 0 Å². The van der Waals surface area contributed by atoms with Crippen molar-refractivity contribution in [3.05, 3.63) is 144 Å². The van der Waals surface area contributed by atoms with E-state index in [9.17, 15) is 4.79 Å². The summed E-state index contributed by atoms with van der Waals surface area (Å²) >= 11 is 0. The Morgan fingerprint density at radius 3 is 1.48 bits per heavy atom. The van der Waals surface area contributed by atoms with Gasteiger partial charge in [0.25, 0.3) is 0 Å². The third-order valence-corrected chi connectivity index (χ3v) is 7.47. The summed E-state index contributed by atoms with van der Waals surface area (Å²) in [5.74, 6) is -1.97. The van der Waals surface area contributed by atoms with Crippen molar-refractivity contribution in [2.45, 2.75) is 70.5 Å². The molecule has 5 atom stereocenters. The van der Waals surface area contributed by atoms with Crippen LogP contribution in [0.1, 0.15) is 36.1 Å².